The number of rotatable bonds is 8. The van der Waals surface area contributed by atoms with E-state index in [1.54, 1.807) is 6.07 Å². The normalized spacial score (nSPS) is 15.0. The fraction of sp³-hybridized carbons (Fsp3) is 0.333. The molecule has 1 saturated heterocycles. The predicted molar refractivity (Wildman–Crippen MR) is 130 cm³/mol. The maximum atomic E-state index is 13.0. The minimum absolute atomic E-state index is 0.0807. The Kier molecular flexibility index (Phi) is 7.30. The van der Waals surface area contributed by atoms with Crippen molar-refractivity contribution in [1.29, 1.82) is 0 Å². The van der Waals surface area contributed by atoms with Gasteiger partial charge in [-0.1, -0.05) is 48.5 Å². The summed E-state index contributed by atoms with van der Waals surface area (Å²) in [7, 11) is 2.16. The minimum atomic E-state index is -0.197. The summed E-state index contributed by atoms with van der Waals surface area (Å²) in [5.41, 5.74) is 1.77. The first kappa shape index (κ1) is 22.2. The number of para-hydroxylation sites is 1. The first-order chi connectivity index (χ1) is 15.6. The van der Waals surface area contributed by atoms with Gasteiger partial charge in [-0.15, -0.1) is 0 Å². The Bertz CT molecular complexity index is 1080. The van der Waals surface area contributed by atoms with E-state index in [0.717, 1.165) is 56.3 Å². The summed E-state index contributed by atoms with van der Waals surface area (Å²) in [6.07, 6.45) is 2.37. The van der Waals surface area contributed by atoms with Gasteiger partial charge >= 0.3 is 0 Å². The van der Waals surface area contributed by atoms with Crippen LogP contribution < -0.4 is 5.32 Å². The molecule has 0 saturated carbocycles. The van der Waals surface area contributed by atoms with Crippen molar-refractivity contribution in [2.24, 2.45) is 0 Å². The Morgan fingerprint density at radius 3 is 2.34 bits per heavy atom. The Hall–Kier alpha value is -3.02. The summed E-state index contributed by atoms with van der Waals surface area (Å²) in [6, 6.07) is 20.8. The van der Waals surface area contributed by atoms with E-state index in [4.69, 9.17) is 0 Å². The maximum absolute atomic E-state index is 13.0. The Morgan fingerprint density at radius 1 is 0.812 bits per heavy atom. The van der Waals surface area contributed by atoms with Gasteiger partial charge < -0.3 is 15.1 Å². The smallest absolute Gasteiger partial charge is 0.256 e. The molecule has 0 radical (unpaired) electrons. The first-order valence-corrected chi connectivity index (χ1v) is 11.4. The predicted octanol–water partition coefficient (Wildman–Crippen LogP) is 4.69. The van der Waals surface area contributed by atoms with E-state index in [-0.39, 0.29) is 11.7 Å². The number of hydrogen-bond acceptors (Lipinski definition) is 4. The Morgan fingerprint density at radius 2 is 1.50 bits per heavy atom. The molecule has 3 aromatic carbocycles. The van der Waals surface area contributed by atoms with Crippen LogP contribution in [0.5, 0.6) is 0 Å². The monoisotopic (exact) mass is 429 g/mol. The van der Waals surface area contributed by atoms with E-state index < -0.39 is 0 Å². The van der Waals surface area contributed by atoms with E-state index in [9.17, 15) is 9.59 Å². The van der Waals surface area contributed by atoms with Gasteiger partial charge in [-0.2, -0.15) is 0 Å². The number of nitrogens with one attached hydrogen (secondary N) is 1. The molecule has 0 bridgehead atoms. The van der Waals surface area contributed by atoms with E-state index in [0.29, 0.717) is 23.2 Å². The van der Waals surface area contributed by atoms with Crippen LogP contribution in [-0.4, -0.2) is 61.3 Å². The number of piperazine rings is 1. The van der Waals surface area contributed by atoms with Crippen LogP contribution in [0.3, 0.4) is 0 Å². The van der Waals surface area contributed by atoms with E-state index >= 15 is 0 Å². The van der Waals surface area contributed by atoms with Crippen molar-refractivity contribution in [3.05, 3.63) is 77.9 Å². The second-order valence-electron chi connectivity index (χ2n) is 8.55. The highest BCUT2D eigenvalue weighted by Gasteiger charge is 2.16. The Balaban J connectivity index is 1.37. The van der Waals surface area contributed by atoms with Gasteiger partial charge in [-0.3, -0.25) is 9.59 Å². The number of anilines is 1. The van der Waals surface area contributed by atoms with Gasteiger partial charge in [0.2, 0.25) is 0 Å². The molecule has 1 aliphatic rings. The van der Waals surface area contributed by atoms with Crippen molar-refractivity contribution < 1.29 is 9.59 Å². The molecule has 0 aliphatic carbocycles. The molecule has 1 heterocycles. The van der Waals surface area contributed by atoms with Gasteiger partial charge in [-0.25, -0.2) is 0 Å². The van der Waals surface area contributed by atoms with Crippen LogP contribution in [0, 0.1) is 0 Å². The first-order valence-electron chi connectivity index (χ1n) is 11.4. The third kappa shape index (κ3) is 5.42. The molecule has 1 fully saturated rings. The maximum Gasteiger partial charge on any atom is 0.256 e. The second-order valence-corrected chi connectivity index (χ2v) is 8.55. The molecular weight excluding hydrogens is 398 g/mol. The average Bonchev–Trinajstić information content (AvgIpc) is 2.82. The van der Waals surface area contributed by atoms with Gasteiger partial charge in [0.25, 0.3) is 5.91 Å². The number of Topliss-reactive ketones (excluding diaryl/α,β-unsaturated/α-hetero) is 1. The van der Waals surface area contributed by atoms with Crippen molar-refractivity contribution in [3.63, 3.8) is 0 Å². The third-order valence-electron chi connectivity index (χ3n) is 6.23. The van der Waals surface area contributed by atoms with Crippen LogP contribution >= 0.6 is 0 Å². The standard InChI is InChI=1S/C27H31N3O2/c1-29-17-19-30(20-18-29)16-7-6-15-26(31)24-12-4-5-14-25(24)28-27(32)23-13-8-10-21-9-2-3-11-22(21)23/h2-5,8-14H,6-7,15-20H2,1H3,(H,28,32). The summed E-state index contributed by atoms with van der Waals surface area (Å²) < 4.78 is 0. The number of fused-ring (bicyclic) bond motifs is 1. The number of nitrogens with zero attached hydrogens (tertiary/aromatic N) is 2. The zero-order valence-electron chi connectivity index (χ0n) is 18.7. The quantitative estimate of drug-likeness (QED) is 0.417. The summed E-state index contributed by atoms with van der Waals surface area (Å²) in [6.45, 7) is 5.48. The van der Waals surface area contributed by atoms with Gasteiger partial charge in [-0.05, 0) is 55.4 Å². The van der Waals surface area contributed by atoms with Crippen LogP contribution in [0.4, 0.5) is 5.69 Å². The number of carbonyl (C=O) groups is 2. The number of amides is 1. The molecule has 1 amide bonds. The number of ketones is 1. The van der Waals surface area contributed by atoms with Crippen molar-refractivity contribution in [2.45, 2.75) is 19.3 Å². The number of carbonyl (C=O) groups excluding carboxylic acids is 2. The van der Waals surface area contributed by atoms with Gasteiger partial charge in [0.1, 0.15) is 0 Å². The minimum Gasteiger partial charge on any atom is -0.321 e. The molecule has 0 unspecified atom stereocenters. The van der Waals surface area contributed by atoms with Gasteiger partial charge in [0, 0.05) is 43.7 Å². The number of benzene rings is 3. The molecule has 4 rings (SSSR count). The highest BCUT2D eigenvalue weighted by atomic mass is 16.1. The molecule has 32 heavy (non-hydrogen) atoms. The number of likely N-dealkylation sites (N-methyl/N-ethyl adjacent to an activating group) is 1. The SMILES string of the molecule is CN1CCN(CCCCC(=O)c2ccccc2NC(=O)c2cccc3ccccc23)CC1. The molecule has 5 nitrogen and oxygen atoms in total. The van der Waals surface area contributed by atoms with Crippen LogP contribution in [0.2, 0.25) is 0 Å². The topological polar surface area (TPSA) is 52.6 Å². The molecular formula is C27H31N3O2. The lowest BCUT2D eigenvalue weighted by Gasteiger charge is -2.32. The fourth-order valence-electron chi connectivity index (χ4n) is 4.28. The van der Waals surface area contributed by atoms with Gasteiger partial charge in [0.15, 0.2) is 5.78 Å². The van der Waals surface area contributed by atoms with Crippen molar-refractivity contribution in [1.82, 2.24) is 9.80 Å². The van der Waals surface area contributed by atoms with Crippen LogP contribution in [0.1, 0.15) is 40.0 Å². The van der Waals surface area contributed by atoms with Gasteiger partial charge in [0.05, 0.1) is 5.69 Å². The third-order valence-corrected chi connectivity index (χ3v) is 6.23. The van der Waals surface area contributed by atoms with Crippen molar-refractivity contribution in [2.75, 3.05) is 45.1 Å². The molecule has 0 atom stereocenters. The zero-order chi connectivity index (χ0) is 22.3. The largest absolute Gasteiger partial charge is 0.321 e. The van der Waals surface area contributed by atoms with Crippen molar-refractivity contribution in [3.8, 4) is 0 Å². The number of hydrogen-bond donors (Lipinski definition) is 1. The number of unbranched alkanes of at least 4 members (excludes halogenated alkanes) is 1. The lowest BCUT2D eigenvalue weighted by molar-refractivity contribution is 0.0976. The molecule has 3 aromatic rings. The average molecular weight is 430 g/mol. The lowest BCUT2D eigenvalue weighted by Crippen LogP contribution is -2.44. The molecule has 1 aliphatic heterocycles. The van der Waals surface area contributed by atoms with E-state index in [1.807, 2.05) is 60.7 Å². The highest BCUT2D eigenvalue weighted by molar-refractivity contribution is 6.15. The van der Waals surface area contributed by atoms with Crippen LogP contribution in [0.15, 0.2) is 66.7 Å². The zero-order valence-corrected chi connectivity index (χ0v) is 18.7. The van der Waals surface area contributed by atoms with E-state index in [2.05, 4.69) is 22.2 Å². The highest BCUT2D eigenvalue weighted by Crippen LogP contribution is 2.22. The van der Waals surface area contributed by atoms with Crippen LogP contribution in [0.25, 0.3) is 10.8 Å². The molecule has 166 valence electrons. The van der Waals surface area contributed by atoms with E-state index in [1.165, 1.54) is 0 Å². The summed E-state index contributed by atoms with van der Waals surface area (Å²) in [4.78, 5) is 30.8. The second kappa shape index (κ2) is 10.5. The van der Waals surface area contributed by atoms with Crippen molar-refractivity contribution >= 4 is 28.2 Å². The summed E-state index contributed by atoms with van der Waals surface area (Å²) in [5, 5.41) is 4.89. The molecule has 1 N–H and O–H groups in total. The summed E-state index contributed by atoms with van der Waals surface area (Å²) >= 11 is 0. The summed E-state index contributed by atoms with van der Waals surface area (Å²) in [5.74, 6) is -0.116. The van der Waals surface area contributed by atoms with Crippen LogP contribution in [-0.2, 0) is 0 Å². The molecule has 5 heteroatoms. The molecule has 0 spiro atoms. The lowest BCUT2D eigenvalue weighted by atomic mass is 10.0. The Labute approximate surface area is 190 Å². The fourth-order valence-corrected chi connectivity index (χ4v) is 4.28. The molecule has 0 aromatic heterocycles.